The Morgan fingerprint density at radius 3 is 2.27 bits per heavy atom. The summed E-state index contributed by atoms with van der Waals surface area (Å²) < 4.78 is 15.2. The maximum absolute atomic E-state index is 13.5. The molecule has 30 heavy (non-hydrogen) atoms. The number of carbonyl (C=O) groups excluding carboxylic acids is 1. The molecule has 0 bridgehead atoms. The minimum Gasteiger partial charge on any atom is -0.274 e. The van der Waals surface area contributed by atoms with E-state index in [4.69, 9.17) is 5.10 Å². The van der Waals surface area contributed by atoms with Crippen molar-refractivity contribution in [3.63, 3.8) is 0 Å². The summed E-state index contributed by atoms with van der Waals surface area (Å²) in [5, 5.41) is 4.73. The predicted octanol–water partition coefficient (Wildman–Crippen LogP) is 5.28. The van der Waals surface area contributed by atoms with Gasteiger partial charge in [-0.2, -0.15) is 5.10 Å². The highest BCUT2D eigenvalue weighted by atomic mass is 19.1. The van der Waals surface area contributed by atoms with Gasteiger partial charge in [0.25, 0.3) is 0 Å². The first-order valence-corrected chi connectivity index (χ1v) is 9.57. The minimum absolute atomic E-state index is 0.131. The van der Waals surface area contributed by atoms with Crippen molar-refractivity contribution in [1.29, 1.82) is 0 Å². The van der Waals surface area contributed by atoms with Crippen LogP contribution in [0.5, 0.6) is 0 Å². The second-order valence-electron chi connectivity index (χ2n) is 7.05. The Bertz CT molecular complexity index is 1200. The molecular formula is C24H21FN4O. The van der Waals surface area contributed by atoms with Gasteiger partial charge < -0.3 is 0 Å². The van der Waals surface area contributed by atoms with Gasteiger partial charge in [0.05, 0.1) is 11.3 Å². The first-order valence-electron chi connectivity index (χ1n) is 9.57. The Hall–Kier alpha value is -3.80. The second-order valence-corrected chi connectivity index (χ2v) is 7.05. The molecule has 0 aliphatic heterocycles. The molecule has 0 fully saturated rings. The summed E-state index contributed by atoms with van der Waals surface area (Å²) in [6.45, 7) is 3.50. The molecule has 4 aromatic rings. The molecule has 1 amide bonds. The van der Waals surface area contributed by atoms with Gasteiger partial charge in [-0.3, -0.25) is 19.4 Å². The van der Waals surface area contributed by atoms with Crippen molar-refractivity contribution < 1.29 is 9.18 Å². The van der Waals surface area contributed by atoms with Crippen LogP contribution >= 0.6 is 0 Å². The van der Waals surface area contributed by atoms with Crippen LogP contribution in [0.15, 0.2) is 73.1 Å². The van der Waals surface area contributed by atoms with Crippen molar-refractivity contribution in [2.75, 3.05) is 4.90 Å². The molecule has 2 heterocycles. The molecule has 0 spiro atoms. The number of aromatic nitrogens is 3. The fraction of sp³-hybridized carbons (Fsp3) is 0.125. The first-order chi connectivity index (χ1) is 14.5. The van der Waals surface area contributed by atoms with Gasteiger partial charge in [0, 0.05) is 31.9 Å². The summed E-state index contributed by atoms with van der Waals surface area (Å²) >= 11 is 0. The predicted molar refractivity (Wildman–Crippen MR) is 116 cm³/mol. The van der Waals surface area contributed by atoms with Crippen LogP contribution in [-0.2, 0) is 11.8 Å². The van der Waals surface area contributed by atoms with Gasteiger partial charge in [0.1, 0.15) is 17.3 Å². The second kappa shape index (κ2) is 7.91. The van der Waals surface area contributed by atoms with Crippen molar-refractivity contribution in [2.24, 2.45) is 7.05 Å². The van der Waals surface area contributed by atoms with Gasteiger partial charge in [-0.05, 0) is 60.5 Å². The third kappa shape index (κ3) is 3.48. The van der Waals surface area contributed by atoms with Crippen LogP contribution in [0.3, 0.4) is 0 Å². The third-order valence-corrected chi connectivity index (χ3v) is 4.99. The Morgan fingerprint density at radius 1 is 0.967 bits per heavy atom. The molecule has 4 rings (SSSR count). The van der Waals surface area contributed by atoms with Gasteiger partial charge in [-0.15, -0.1) is 0 Å². The van der Waals surface area contributed by atoms with E-state index in [1.54, 1.807) is 41.2 Å². The van der Waals surface area contributed by atoms with Crippen LogP contribution in [0.25, 0.3) is 22.4 Å². The number of hydrogen-bond donors (Lipinski definition) is 0. The highest BCUT2D eigenvalue weighted by molar-refractivity contribution is 6.04. The summed E-state index contributed by atoms with van der Waals surface area (Å²) in [6.07, 6.45) is 3.40. The molecule has 0 atom stereocenters. The van der Waals surface area contributed by atoms with Gasteiger partial charge in [-0.25, -0.2) is 4.39 Å². The lowest BCUT2D eigenvalue weighted by atomic mass is 10.0. The zero-order chi connectivity index (χ0) is 21.3. The van der Waals surface area contributed by atoms with Crippen LogP contribution in [0.1, 0.15) is 12.5 Å². The molecule has 0 aliphatic rings. The van der Waals surface area contributed by atoms with E-state index in [0.717, 1.165) is 27.9 Å². The van der Waals surface area contributed by atoms with Crippen LogP contribution in [0.2, 0.25) is 0 Å². The van der Waals surface area contributed by atoms with Crippen molar-refractivity contribution >= 4 is 17.4 Å². The average molecular weight is 400 g/mol. The van der Waals surface area contributed by atoms with E-state index in [0.29, 0.717) is 11.5 Å². The number of para-hydroxylation sites is 1. The van der Waals surface area contributed by atoms with Gasteiger partial charge in [0.2, 0.25) is 5.91 Å². The fourth-order valence-corrected chi connectivity index (χ4v) is 3.61. The van der Waals surface area contributed by atoms with E-state index < -0.39 is 0 Å². The van der Waals surface area contributed by atoms with E-state index in [-0.39, 0.29) is 11.7 Å². The monoisotopic (exact) mass is 400 g/mol. The van der Waals surface area contributed by atoms with Crippen molar-refractivity contribution in [1.82, 2.24) is 14.8 Å². The standard InChI is InChI=1S/C24H21FN4O/c1-16-6-4-5-7-21(16)29(17(2)30)24-22(18-12-14-26-15-13-18)23(27-28(24)3)19-8-10-20(25)11-9-19/h4-15H,1-3H3. The van der Waals surface area contributed by atoms with E-state index >= 15 is 0 Å². The number of halogens is 1. The summed E-state index contributed by atoms with van der Waals surface area (Å²) in [5.74, 6) is 0.196. The molecule has 0 N–H and O–H groups in total. The highest BCUT2D eigenvalue weighted by Crippen LogP contribution is 2.42. The summed E-state index contributed by atoms with van der Waals surface area (Å²) in [5.41, 5.74) is 4.83. The number of aryl methyl sites for hydroxylation is 2. The minimum atomic E-state index is -0.314. The number of hydrogen-bond acceptors (Lipinski definition) is 3. The molecule has 6 heteroatoms. The summed E-state index contributed by atoms with van der Waals surface area (Å²) in [6, 6.07) is 17.7. The zero-order valence-electron chi connectivity index (χ0n) is 17.0. The average Bonchev–Trinajstić information content (AvgIpc) is 3.07. The van der Waals surface area contributed by atoms with Crippen molar-refractivity contribution in [3.8, 4) is 22.4 Å². The molecule has 0 unspecified atom stereocenters. The first kappa shape index (κ1) is 19.5. The van der Waals surface area contributed by atoms with E-state index in [2.05, 4.69) is 4.98 Å². The van der Waals surface area contributed by atoms with Gasteiger partial charge in [0.15, 0.2) is 0 Å². The molecule has 150 valence electrons. The normalized spacial score (nSPS) is 10.8. The Labute approximate surface area is 174 Å². The SMILES string of the molecule is CC(=O)N(c1ccccc1C)c1c(-c2ccncc2)c(-c2ccc(F)cc2)nn1C. The maximum Gasteiger partial charge on any atom is 0.229 e. The van der Waals surface area contributed by atoms with Crippen LogP contribution in [-0.4, -0.2) is 20.7 Å². The Morgan fingerprint density at radius 2 is 1.63 bits per heavy atom. The number of rotatable bonds is 4. The smallest absolute Gasteiger partial charge is 0.229 e. The van der Waals surface area contributed by atoms with Gasteiger partial charge >= 0.3 is 0 Å². The maximum atomic E-state index is 13.5. The fourth-order valence-electron chi connectivity index (χ4n) is 3.61. The summed E-state index contributed by atoms with van der Waals surface area (Å²) in [4.78, 5) is 18.6. The Balaban J connectivity index is 2.03. The van der Waals surface area contributed by atoms with Crippen molar-refractivity contribution in [3.05, 3.63) is 84.4 Å². The molecule has 2 aromatic heterocycles. The molecule has 0 saturated carbocycles. The number of carbonyl (C=O) groups is 1. The molecule has 0 aliphatic carbocycles. The van der Waals surface area contributed by atoms with E-state index in [1.165, 1.54) is 19.1 Å². The van der Waals surface area contributed by atoms with Crippen LogP contribution in [0, 0.1) is 12.7 Å². The number of benzene rings is 2. The van der Waals surface area contributed by atoms with Crippen LogP contribution < -0.4 is 4.90 Å². The Kier molecular flexibility index (Phi) is 5.14. The lowest BCUT2D eigenvalue weighted by Crippen LogP contribution is -2.26. The number of nitrogens with zero attached hydrogens (tertiary/aromatic N) is 4. The van der Waals surface area contributed by atoms with E-state index in [9.17, 15) is 9.18 Å². The summed E-state index contributed by atoms with van der Waals surface area (Å²) in [7, 11) is 1.81. The zero-order valence-corrected chi connectivity index (χ0v) is 17.0. The lowest BCUT2D eigenvalue weighted by molar-refractivity contribution is -0.115. The third-order valence-electron chi connectivity index (χ3n) is 4.99. The topological polar surface area (TPSA) is 51.0 Å². The largest absolute Gasteiger partial charge is 0.274 e. The number of amides is 1. The number of anilines is 2. The molecular weight excluding hydrogens is 379 g/mol. The quantitative estimate of drug-likeness (QED) is 0.468. The highest BCUT2D eigenvalue weighted by Gasteiger charge is 2.27. The van der Waals surface area contributed by atoms with Gasteiger partial charge in [-0.1, -0.05) is 18.2 Å². The molecule has 0 radical (unpaired) electrons. The van der Waals surface area contributed by atoms with Crippen LogP contribution in [0.4, 0.5) is 15.9 Å². The number of pyridine rings is 1. The van der Waals surface area contributed by atoms with E-state index in [1.807, 2.05) is 43.3 Å². The molecule has 5 nitrogen and oxygen atoms in total. The molecule has 2 aromatic carbocycles. The van der Waals surface area contributed by atoms with Crippen molar-refractivity contribution in [2.45, 2.75) is 13.8 Å². The lowest BCUT2D eigenvalue weighted by Gasteiger charge is -2.24. The molecule has 0 saturated heterocycles.